The van der Waals surface area contributed by atoms with E-state index in [1.165, 1.54) is 0 Å². The number of aromatic nitrogens is 3. The lowest BCUT2D eigenvalue weighted by Gasteiger charge is -2.33. The molecule has 2 aliphatic heterocycles. The lowest BCUT2D eigenvalue weighted by atomic mass is 10.1. The standard InChI is InChI=1S/C19H24N6O2/c1-2-13-10-15(27-23-13)18(26)25-9-3-8-24(11-19(25)5-6-19)17-14-4-7-20-16(14)21-12-22-17/h4,7,10,12,15,23H,2-3,5-6,8-9,11H2,1H3,(H,20,21,22). The molecule has 8 nitrogen and oxygen atoms in total. The summed E-state index contributed by atoms with van der Waals surface area (Å²) in [6.07, 6.45) is 8.70. The van der Waals surface area contributed by atoms with Gasteiger partial charge in [0.15, 0.2) is 6.10 Å². The van der Waals surface area contributed by atoms with Crippen LogP contribution in [0.3, 0.4) is 0 Å². The minimum Gasteiger partial charge on any atom is -0.354 e. The van der Waals surface area contributed by atoms with Crippen molar-refractivity contribution >= 4 is 22.8 Å². The summed E-state index contributed by atoms with van der Waals surface area (Å²) in [5.41, 5.74) is 4.60. The van der Waals surface area contributed by atoms with Crippen LogP contribution in [0.1, 0.15) is 32.6 Å². The van der Waals surface area contributed by atoms with Gasteiger partial charge in [-0.3, -0.25) is 15.1 Å². The maximum Gasteiger partial charge on any atom is 0.259 e. The summed E-state index contributed by atoms with van der Waals surface area (Å²) in [4.78, 5) is 35.1. The van der Waals surface area contributed by atoms with Gasteiger partial charge in [-0.15, -0.1) is 0 Å². The first-order valence-corrected chi connectivity index (χ1v) is 9.67. The van der Waals surface area contributed by atoms with Crippen LogP contribution in [0, 0.1) is 0 Å². The fraction of sp³-hybridized carbons (Fsp3) is 0.526. The number of aromatic amines is 1. The predicted molar refractivity (Wildman–Crippen MR) is 101 cm³/mol. The average molecular weight is 368 g/mol. The van der Waals surface area contributed by atoms with E-state index >= 15 is 0 Å². The fourth-order valence-corrected chi connectivity index (χ4v) is 4.24. The van der Waals surface area contributed by atoms with Crippen LogP contribution in [-0.2, 0) is 9.63 Å². The van der Waals surface area contributed by atoms with Crippen molar-refractivity contribution in [2.45, 2.75) is 44.2 Å². The molecular weight excluding hydrogens is 344 g/mol. The Kier molecular flexibility index (Phi) is 3.82. The van der Waals surface area contributed by atoms with E-state index in [9.17, 15) is 4.79 Å². The smallest absolute Gasteiger partial charge is 0.259 e. The SMILES string of the molecule is CCC1=CC(C(=O)N2CCCN(c3ncnc4[nH]ccc34)CC23CC3)ON1. The van der Waals surface area contributed by atoms with Crippen molar-refractivity contribution in [3.63, 3.8) is 0 Å². The van der Waals surface area contributed by atoms with Gasteiger partial charge < -0.3 is 14.8 Å². The number of nitrogens with one attached hydrogen (secondary N) is 2. The van der Waals surface area contributed by atoms with Crippen LogP contribution in [0.4, 0.5) is 5.82 Å². The molecule has 8 heteroatoms. The van der Waals surface area contributed by atoms with Crippen molar-refractivity contribution < 1.29 is 9.63 Å². The molecule has 142 valence electrons. The van der Waals surface area contributed by atoms with Crippen molar-refractivity contribution in [1.29, 1.82) is 0 Å². The second-order valence-corrected chi connectivity index (χ2v) is 7.61. The van der Waals surface area contributed by atoms with Crippen molar-refractivity contribution in [1.82, 2.24) is 25.3 Å². The van der Waals surface area contributed by atoms with Gasteiger partial charge in [-0.2, -0.15) is 0 Å². The molecule has 1 amide bonds. The van der Waals surface area contributed by atoms with Gasteiger partial charge in [-0.25, -0.2) is 9.97 Å². The molecule has 3 aliphatic rings. The Bertz CT molecular complexity index is 902. The van der Waals surface area contributed by atoms with Crippen LogP contribution in [0.15, 0.2) is 30.4 Å². The Labute approximate surface area is 157 Å². The molecule has 1 saturated heterocycles. The molecule has 2 fully saturated rings. The second-order valence-electron chi connectivity index (χ2n) is 7.61. The largest absolute Gasteiger partial charge is 0.354 e. The fourth-order valence-electron chi connectivity index (χ4n) is 4.24. The normalized spacial score (nSPS) is 24.0. The molecular formula is C19H24N6O2. The van der Waals surface area contributed by atoms with Crippen LogP contribution in [-0.4, -0.2) is 57.0 Å². The quantitative estimate of drug-likeness (QED) is 0.858. The van der Waals surface area contributed by atoms with E-state index in [2.05, 4.69) is 30.2 Å². The van der Waals surface area contributed by atoms with Crippen molar-refractivity contribution in [3.8, 4) is 0 Å². The minimum atomic E-state index is -0.514. The monoisotopic (exact) mass is 368 g/mol. The van der Waals surface area contributed by atoms with E-state index in [-0.39, 0.29) is 11.4 Å². The Hall–Kier alpha value is -2.61. The van der Waals surface area contributed by atoms with Crippen LogP contribution in [0.2, 0.25) is 0 Å². The zero-order valence-corrected chi connectivity index (χ0v) is 15.4. The molecule has 0 radical (unpaired) electrons. The van der Waals surface area contributed by atoms with Crippen LogP contribution >= 0.6 is 0 Å². The van der Waals surface area contributed by atoms with Gasteiger partial charge >= 0.3 is 0 Å². The Morgan fingerprint density at radius 1 is 1.37 bits per heavy atom. The highest BCUT2D eigenvalue weighted by molar-refractivity contribution is 5.88. The van der Waals surface area contributed by atoms with Gasteiger partial charge in [0.25, 0.3) is 5.91 Å². The van der Waals surface area contributed by atoms with Gasteiger partial charge in [-0.1, -0.05) is 6.92 Å². The number of hydrogen-bond donors (Lipinski definition) is 2. The summed E-state index contributed by atoms with van der Waals surface area (Å²) in [6, 6.07) is 2.02. The first-order valence-electron chi connectivity index (χ1n) is 9.67. The number of hydroxylamine groups is 1. The third kappa shape index (κ3) is 2.75. The number of rotatable bonds is 3. The summed E-state index contributed by atoms with van der Waals surface area (Å²) in [5.74, 6) is 1.02. The Balaban J connectivity index is 1.40. The minimum absolute atomic E-state index is 0.0692. The van der Waals surface area contributed by atoms with Gasteiger partial charge in [0.1, 0.15) is 17.8 Å². The Morgan fingerprint density at radius 3 is 3.04 bits per heavy atom. The second kappa shape index (κ2) is 6.23. The number of H-pyrrole nitrogens is 1. The number of amides is 1. The highest BCUT2D eigenvalue weighted by Gasteiger charge is 2.53. The molecule has 0 bridgehead atoms. The van der Waals surface area contributed by atoms with E-state index in [1.807, 2.05) is 25.3 Å². The number of allylic oxidation sites excluding steroid dienone is 1. The summed E-state index contributed by atoms with van der Waals surface area (Å²) < 4.78 is 0. The highest BCUT2D eigenvalue weighted by atomic mass is 16.7. The van der Waals surface area contributed by atoms with Gasteiger partial charge in [0.2, 0.25) is 0 Å². The molecule has 1 saturated carbocycles. The summed E-state index contributed by atoms with van der Waals surface area (Å²) in [6.45, 7) is 4.49. The molecule has 27 heavy (non-hydrogen) atoms. The molecule has 1 atom stereocenters. The molecule has 2 N–H and O–H groups in total. The molecule has 1 spiro atoms. The topological polar surface area (TPSA) is 86.4 Å². The highest BCUT2D eigenvalue weighted by Crippen LogP contribution is 2.45. The first-order chi connectivity index (χ1) is 13.2. The third-order valence-corrected chi connectivity index (χ3v) is 5.89. The third-order valence-electron chi connectivity index (χ3n) is 5.89. The first kappa shape index (κ1) is 16.6. The number of fused-ring (bicyclic) bond motifs is 1. The molecule has 2 aromatic rings. The van der Waals surface area contributed by atoms with Crippen molar-refractivity contribution in [2.75, 3.05) is 24.5 Å². The average Bonchev–Trinajstić information content (AvgIpc) is 3.13. The maximum atomic E-state index is 13.2. The number of carbonyl (C=O) groups excluding carboxylic acids is 1. The van der Waals surface area contributed by atoms with Gasteiger partial charge in [-0.05, 0) is 37.8 Å². The van der Waals surface area contributed by atoms with E-state index in [4.69, 9.17) is 4.84 Å². The summed E-state index contributed by atoms with van der Waals surface area (Å²) in [7, 11) is 0. The van der Waals surface area contributed by atoms with Crippen LogP contribution in [0.25, 0.3) is 11.0 Å². The Morgan fingerprint density at radius 2 is 2.26 bits per heavy atom. The number of anilines is 1. The summed E-state index contributed by atoms with van der Waals surface area (Å²) in [5, 5.41) is 1.03. The van der Waals surface area contributed by atoms with Gasteiger partial charge in [0, 0.05) is 31.5 Å². The number of hydrogen-bond acceptors (Lipinski definition) is 6. The van der Waals surface area contributed by atoms with Crippen molar-refractivity contribution in [3.05, 3.63) is 30.4 Å². The van der Waals surface area contributed by atoms with Crippen LogP contribution in [0.5, 0.6) is 0 Å². The number of nitrogens with zero attached hydrogens (tertiary/aromatic N) is 4. The van der Waals surface area contributed by atoms with E-state index < -0.39 is 6.10 Å². The zero-order valence-electron chi connectivity index (χ0n) is 15.4. The molecule has 4 heterocycles. The summed E-state index contributed by atoms with van der Waals surface area (Å²) >= 11 is 0. The predicted octanol–water partition coefficient (Wildman–Crippen LogP) is 1.73. The van der Waals surface area contributed by atoms with E-state index in [1.54, 1.807) is 6.33 Å². The molecule has 5 rings (SSSR count). The van der Waals surface area contributed by atoms with Crippen molar-refractivity contribution in [2.24, 2.45) is 0 Å². The lowest BCUT2D eigenvalue weighted by molar-refractivity contribution is -0.145. The molecule has 1 unspecified atom stereocenters. The van der Waals surface area contributed by atoms with E-state index in [0.29, 0.717) is 0 Å². The number of carbonyl (C=O) groups is 1. The lowest BCUT2D eigenvalue weighted by Crippen LogP contribution is -2.50. The molecule has 0 aromatic carbocycles. The van der Waals surface area contributed by atoms with Gasteiger partial charge in [0.05, 0.1) is 10.9 Å². The molecule has 1 aliphatic carbocycles. The zero-order chi connectivity index (χ0) is 18.4. The maximum absolute atomic E-state index is 13.2. The van der Waals surface area contributed by atoms with Crippen LogP contribution < -0.4 is 10.4 Å². The van der Waals surface area contributed by atoms with E-state index in [0.717, 1.165) is 67.9 Å². The molecule has 2 aromatic heterocycles.